The number of aliphatic carboxylic acids is 1. The average Bonchev–Trinajstić information content (AvgIpc) is 2.74. The molecule has 182 valence electrons. The van der Waals surface area contributed by atoms with Gasteiger partial charge in [-0.15, -0.1) is 0 Å². The summed E-state index contributed by atoms with van der Waals surface area (Å²) in [6.45, 7) is 6.66. The summed E-state index contributed by atoms with van der Waals surface area (Å²) < 4.78 is 41.0. The van der Waals surface area contributed by atoms with Gasteiger partial charge in [-0.3, -0.25) is 9.78 Å². The van der Waals surface area contributed by atoms with Crippen LogP contribution >= 0.6 is 11.6 Å². The molecule has 1 aliphatic carbocycles. The van der Waals surface area contributed by atoms with Crippen molar-refractivity contribution in [1.29, 1.82) is 0 Å². The number of benzene rings is 1. The molecule has 0 amide bonds. The highest BCUT2D eigenvalue weighted by molar-refractivity contribution is 6.31. The Morgan fingerprint density at radius 3 is 2.53 bits per heavy atom. The molecular weight excluding hydrogens is 463 g/mol. The largest absolute Gasteiger partial charge is 0.481 e. The van der Waals surface area contributed by atoms with E-state index in [0.29, 0.717) is 34.6 Å². The topological polar surface area (TPSA) is 50.2 Å². The average molecular weight is 492 g/mol. The monoisotopic (exact) mass is 491 g/mol. The van der Waals surface area contributed by atoms with E-state index in [1.54, 1.807) is 37.5 Å². The molecule has 0 radical (unpaired) electrons. The molecule has 3 unspecified atom stereocenters. The molecule has 0 bridgehead atoms. The van der Waals surface area contributed by atoms with Crippen molar-refractivity contribution in [3.8, 4) is 0 Å². The molecule has 3 nitrogen and oxygen atoms in total. The van der Waals surface area contributed by atoms with Gasteiger partial charge in [0.25, 0.3) is 0 Å². The van der Waals surface area contributed by atoms with Gasteiger partial charge in [0, 0.05) is 23.8 Å². The molecule has 2 aromatic rings. The van der Waals surface area contributed by atoms with Crippen LogP contribution in [0.4, 0.5) is 13.2 Å². The summed E-state index contributed by atoms with van der Waals surface area (Å²) in [6, 6.07) is 7.21. The SMILES string of the molecule is CC(C)CC(C(=O)O)c1cc(Cc2cnccc2Cl)cc(C2=CC(C)C(C)(C(F)(F)F)C=C2)c1. The fourth-order valence-corrected chi connectivity index (χ4v) is 4.43. The number of carboxylic acid groups (broad SMARTS) is 1. The Labute approximate surface area is 203 Å². The van der Waals surface area contributed by atoms with Crippen LogP contribution in [-0.2, 0) is 11.2 Å². The fourth-order valence-electron chi connectivity index (χ4n) is 4.26. The van der Waals surface area contributed by atoms with Crippen LogP contribution in [0.5, 0.6) is 0 Å². The van der Waals surface area contributed by atoms with Gasteiger partial charge in [-0.05, 0) is 59.1 Å². The Balaban J connectivity index is 2.10. The first kappa shape index (κ1) is 26.0. The zero-order valence-corrected chi connectivity index (χ0v) is 20.4. The molecule has 0 saturated carbocycles. The van der Waals surface area contributed by atoms with Gasteiger partial charge in [0.05, 0.1) is 11.3 Å². The second-order valence-electron chi connectivity index (χ2n) is 9.65. The third-order valence-corrected chi connectivity index (χ3v) is 6.96. The normalized spacial score (nSPS) is 21.4. The van der Waals surface area contributed by atoms with Crippen LogP contribution < -0.4 is 0 Å². The minimum atomic E-state index is -4.37. The van der Waals surface area contributed by atoms with Crippen LogP contribution in [0.1, 0.15) is 62.3 Å². The van der Waals surface area contributed by atoms with E-state index in [4.69, 9.17) is 11.6 Å². The molecule has 7 heteroatoms. The number of aromatic nitrogens is 1. The lowest BCUT2D eigenvalue weighted by Crippen LogP contribution is -2.39. The van der Waals surface area contributed by atoms with Crippen molar-refractivity contribution >= 4 is 23.1 Å². The molecule has 1 heterocycles. The quantitative estimate of drug-likeness (QED) is 0.431. The van der Waals surface area contributed by atoms with E-state index in [1.807, 2.05) is 26.0 Å². The van der Waals surface area contributed by atoms with Crippen molar-refractivity contribution in [1.82, 2.24) is 4.98 Å². The number of rotatable bonds is 7. The molecule has 1 aromatic carbocycles. The van der Waals surface area contributed by atoms with Gasteiger partial charge in [-0.1, -0.05) is 68.8 Å². The Morgan fingerprint density at radius 2 is 1.97 bits per heavy atom. The van der Waals surface area contributed by atoms with Crippen molar-refractivity contribution in [2.75, 3.05) is 0 Å². The van der Waals surface area contributed by atoms with Crippen LogP contribution in [0.2, 0.25) is 5.02 Å². The zero-order valence-electron chi connectivity index (χ0n) is 19.7. The molecule has 0 spiro atoms. The number of allylic oxidation sites excluding steroid dienone is 4. The minimum absolute atomic E-state index is 0.155. The van der Waals surface area contributed by atoms with E-state index < -0.39 is 29.4 Å². The van der Waals surface area contributed by atoms with Crippen LogP contribution in [0, 0.1) is 17.3 Å². The molecule has 1 aliphatic rings. The maximum atomic E-state index is 13.7. The lowest BCUT2D eigenvalue weighted by atomic mass is 9.72. The molecular formula is C27H29ClF3NO2. The standard InChI is InChI=1S/C27H29ClF3NO2/c1-16(2)9-23(25(33)34)21-12-18(13-22-15-32-8-6-24(22)28)11-20(14-21)19-5-7-26(4,17(3)10-19)27(29,30)31/h5-8,10-12,14-17,23H,9,13H2,1-4H3,(H,33,34). The van der Waals surface area contributed by atoms with Crippen molar-refractivity contribution in [3.63, 3.8) is 0 Å². The van der Waals surface area contributed by atoms with Gasteiger partial charge >= 0.3 is 12.1 Å². The molecule has 3 rings (SSSR count). The van der Waals surface area contributed by atoms with Crippen molar-refractivity contribution < 1.29 is 23.1 Å². The highest BCUT2D eigenvalue weighted by Crippen LogP contribution is 2.49. The summed E-state index contributed by atoms with van der Waals surface area (Å²) in [7, 11) is 0. The lowest BCUT2D eigenvalue weighted by Gasteiger charge is -2.36. The Hall–Kier alpha value is -2.60. The molecule has 1 aromatic heterocycles. The molecule has 0 saturated heterocycles. The van der Waals surface area contributed by atoms with Crippen LogP contribution in [-0.4, -0.2) is 22.2 Å². The number of carboxylic acids is 1. The zero-order chi connectivity index (χ0) is 25.3. The first-order chi connectivity index (χ1) is 15.8. The number of pyridine rings is 1. The first-order valence-corrected chi connectivity index (χ1v) is 11.6. The summed E-state index contributed by atoms with van der Waals surface area (Å²) in [5.41, 5.74) is 1.61. The fraction of sp³-hybridized carbons (Fsp3) is 0.407. The maximum absolute atomic E-state index is 13.7. The van der Waals surface area contributed by atoms with E-state index >= 15 is 0 Å². The second-order valence-corrected chi connectivity index (χ2v) is 10.1. The van der Waals surface area contributed by atoms with Gasteiger partial charge in [0.2, 0.25) is 0 Å². The highest BCUT2D eigenvalue weighted by Gasteiger charge is 2.52. The van der Waals surface area contributed by atoms with Crippen molar-refractivity contribution in [2.45, 2.75) is 52.6 Å². The Bertz CT molecular complexity index is 1120. The van der Waals surface area contributed by atoms with Crippen LogP contribution in [0.3, 0.4) is 0 Å². The molecule has 34 heavy (non-hydrogen) atoms. The minimum Gasteiger partial charge on any atom is -0.481 e. The van der Waals surface area contributed by atoms with Gasteiger partial charge < -0.3 is 5.11 Å². The molecule has 1 N–H and O–H groups in total. The van der Waals surface area contributed by atoms with Gasteiger partial charge in [-0.2, -0.15) is 13.2 Å². The molecule has 0 aliphatic heterocycles. The van der Waals surface area contributed by atoms with E-state index in [-0.39, 0.29) is 5.92 Å². The summed E-state index contributed by atoms with van der Waals surface area (Å²) in [6.07, 6.45) is 4.07. The van der Waals surface area contributed by atoms with E-state index in [0.717, 1.165) is 11.1 Å². The predicted molar refractivity (Wildman–Crippen MR) is 129 cm³/mol. The molecule has 3 atom stereocenters. The lowest BCUT2D eigenvalue weighted by molar-refractivity contribution is -0.210. The van der Waals surface area contributed by atoms with E-state index in [1.165, 1.54) is 19.1 Å². The number of hydrogen-bond donors (Lipinski definition) is 1. The number of carbonyl (C=O) groups is 1. The number of alkyl halides is 3. The Morgan fingerprint density at radius 1 is 1.26 bits per heavy atom. The number of hydrogen-bond acceptors (Lipinski definition) is 2. The third-order valence-electron chi connectivity index (χ3n) is 6.59. The maximum Gasteiger partial charge on any atom is 0.398 e. The summed E-state index contributed by atoms with van der Waals surface area (Å²) >= 11 is 6.31. The number of halogens is 4. The van der Waals surface area contributed by atoms with Crippen molar-refractivity contribution in [3.05, 3.63) is 82.2 Å². The Kier molecular flexibility index (Phi) is 7.61. The molecule has 0 fully saturated rings. The first-order valence-electron chi connectivity index (χ1n) is 11.2. The summed E-state index contributed by atoms with van der Waals surface area (Å²) in [5.74, 6) is -2.28. The van der Waals surface area contributed by atoms with E-state index in [9.17, 15) is 23.1 Å². The smallest absolute Gasteiger partial charge is 0.398 e. The third kappa shape index (κ3) is 5.54. The van der Waals surface area contributed by atoms with Crippen molar-refractivity contribution in [2.24, 2.45) is 17.3 Å². The summed E-state index contributed by atoms with van der Waals surface area (Å²) in [5, 5.41) is 10.5. The second kappa shape index (κ2) is 9.95. The predicted octanol–water partition coefficient (Wildman–Crippen LogP) is 7.70. The van der Waals surface area contributed by atoms with Crippen LogP contribution in [0.25, 0.3) is 5.57 Å². The van der Waals surface area contributed by atoms with Gasteiger partial charge in [-0.25, -0.2) is 0 Å². The van der Waals surface area contributed by atoms with E-state index in [2.05, 4.69) is 4.98 Å². The van der Waals surface area contributed by atoms with Gasteiger partial charge in [0.15, 0.2) is 0 Å². The van der Waals surface area contributed by atoms with Crippen LogP contribution in [0.15, 0.2) is 54.9 Å². The number of nitrogens with zero attached hydrogens (tertiary/aromatic N) is 1. The summed E-state index contributed by atoms with van der Waals surface area (Å²) in [4.78, 5) is 16.2. The highest BCUT2D eigenvalue weighted by atomic mass is 35.5. The van der Waals surface area contributed by atoms with Gasteiger partial charge in [0.1, 0.15) is 0 Å².